The largest absolute Gasteiger partial charge is 0.313 e. The molecule has 1 N–H and O–H groups in total. The van der Waals surface area contributed by atoms with Gasteiger partial charge in [-0.1, -0.05) is 43.3 Å². The smallest absolute Gasteiger partial charge is 0.137 e. The average molecular weight is 348 g/mol. The van der Waals surface area contributed by atoms with Gasteiger partial charge in [-0.3, -0.25) is 0 Å². The molecule has 3 rings (SSSR count). The van der Waals surface area contributed by atoms with Crippen molar-refractivity contribution >= 4 is 15.9 Å². The second-order valence-electron chi connectivity index (χ2n) is 5.59. The Kier molecular flexibility index (Phi) is 4.41. The Morgan fingerprint density at radius 2 is 2.05 bits per heavy atom. The van der Waals surface area contributed by atoms with Crippen molar-refractivity contribution in [3.05, 3.63) is 69.4 Å². The van der Waals surface area contributed by atoms with E-state index in [1.165, 1.54) is 17.2 Å². The second-order valence-corrected chi connectivity index (χ2v) is 6.38. The molecule has 3 heteroatoms. The van der Waals surface area contributed by atoms with E-state index in [0.717, 1.165) is 24.9 Å². The molecule has 2 aromatic carbocycles. The fourth-order valence-electron chi connectivity index (χ4n) is 3.22. The zero-order chi connectivity index (χ0) is 14.8. The number of likely N-dealkylation sites (N-methyl/N-ethyl adjacent to an activating group) is 1. The van der Waals surface area contributed by atoms with E-state index in [-0.39, 0.29) is 5.82 Å². The SMILES string of the molecule is CCNC(Cc1cccc(F)c1Br)C1Cc2ccccc21. The monoisotopic (exact) mass is 347 g/mol. The first-order chi connectivity index (χ1) is 10.2. The van der Waals surface area contributed by atoms with Crippen molar-refractivity contribution in [3.8, 4) is 0 Å². The van der Waals surface area contributed by atoms with E-state index in [1.807, 2.05) is 6.07 Å². The number of fused-ring (bicyclic) bond motifs is 1. The second kappa shape index (κ2) is 6.29. The van der Waals surface area contributed by atoms with Gasteiger partial charge in [-0.25, -0.2) is 4.39 Å². The summed E-state index contributed by atoms with van der Waals surface area (Å²) in [6.45, 7) is 3.05. The number of rotatable bonds is 5. The van der Waals surface area contributed by atoms with Crippen molar-refractivity contribution in [1.29, 1.82) is 0 Å². The van der Waals surface area contributed by atoms with Gasteiger partial charge in [-0.15, -0.1) is 0 Å². The van der Waals surface area contributed by atoms with Gasteiger partial charge in [-0.2, -0.15) is 0 Å². The molecule has 21 heavy (non-hydrogen) atoms. The Balaban J connectivity index is 1.82. The molecular weight excluding hydrogens is 329 g/mol. The molecule has 0 fully saturated rings. The summed E-state index contributed by atoms with van der Waals surface area (Å²) in [7, 11) is 0. The van der Waals surface area contributed by atoms with Crippen molar-refractivity contribution in [1.82, 2.24) is 5.32 Å². The molecule has 1 aliphatic rings. The van der Waals surface area contributed by atoms with Gasteiger partial charge in [0.25, 0.3) is 0 Å². The van der Waals surface area contributed by atoms with E-state index in [9.17, 15) is 4.39 Å². The summed E-state index contributed by atoms with van der Waals surface area (Å²) < 4.78 is 14.3. The van der Waals surface area contributed by atoms with Crippen molar-refractivity contribution in [2.75, 3.05) is 6.54 Å². The summed E-state index contributed by atoms with van der Waals surface area (Å²) in [6, 6.07) is 14.3. The van der Waals surface area contributed by atoms with Gasteiger partial charge < -0.3 is 5.32 Å². The Morgan fingerprint density at radius 1 is 1.24 bits per heavy atom. The third-order valence-electron chi connectivity index (χ3n) is 4.32. The first-order valence-corrected chi connectivity index (χ1v) is 8.24. The molecule has 0 bridgehead atoms. The third kappa shape index (κ3) is 2.90. The van der Waals surface area contributed by atoms with Gasteiger partial charge in [0.05, 0.1) is 4.47 Å². The van der Waals surface area contributed by atoms with Gasteiger partial charge in [0.15, 0.2) is 0 Å². The molecule has 0 spiro atoms. The fraction of sp³-hybridized carbons (Fsp3) is 0.333. The number of hydrogen-bond acceptors (Lipinski definition) is 1. The van der Waals surface area contributed by atoms with E-state index >= 15 is 0 Å². The van der Waals surface area contributed by atoms with Gasteiger partial charge in [0.1, 0.15) is 5.82 Å². The molecule has 1 nitrogen and oxygen atoms in total. The van der Waals surface area contributed by atoms with Crippen LogP contribution in [0.2, 0.25) is 0 Å². The van der Waals surface area contributed by atoms with E-state index in [2.05, 4.69) is 52.4 Å². The molecule has 0 aliphatic heterocycles. The zero-order valence-corrected chi connectivity index (χ0v) is 13.7. The number of nitrogens with one attached hydrogen (secondary N) is 1. The number of benzene rings is 2. The van der Waals surface area contributed by atoms with Gasteiger partial charge in [0.2, 0.25) is 0 Å². The predicted octanol–water partition coefficient (Wildman–Crippen LogP) is 4.45. The Bertz CT molecular complexity index is 641. The summed E-state index contributed by atoms with van der Waals surface area (Å²) in [5.41, 5.74) is 3.92. The lowest BCUT2D eigenvalue weighted by Gasteiger charge is -2.37. The molecule has 0 heterocycles. The standard InChI is InChI=1S/C18H19BrFN/c1-2-21-17(11-13-7-5-9-16(20)18(13)19)15-10-12-6-3-4-8-14(12)15/h3-9,15,17,21H,2,10-11H2,1H3. The maximum absolute atomic E-state index is 13.7. The fourth-order valence-corrected chi connectivity index (χ4v) is 3.64. The summed E-state index contributed by atoms with van der Waals surface area (Å²) in [4.78, 5) is 0. The highest BCUT2D eigenvalue weighted by Gasteiger charge is 2.32. The van der Waals surface area contributed by atoms with Crippen LogP contribution in [0.4, 0.5) is 4.39 Å². The molecule has 0 radical (unpaired) electrons. The van der Waals surface area contributed by atoms with Gasteiger partial charge >= 0.3 is 0 Å². The Hall–Kier alpha value is -1.19. The van der Waals surface area contributed by atoms with Crippen LogP contribution < -0.4 is 5.32 Å². The highest BCUT2D eigenvalue weighted by molar-refractivity contribution is 9.10. The lowest BCUT2D eigenvalue weighted by molar-refractivity contribution is 0.404. The van der Waals surface area contributed by atoms with Crippen LogP contribution in [-0.4, -0.2) is 12.6 Å². The minimum Gasteiger partial charge on any atom is -0.313 e. The maximum Gasteiger partial charge on any atom is 0.137 e. The average Bonchev–Trinajstić information content (AvgIpc) is 2.45. The quantitative estimate of drug-likeness (QED) is 0.842. The van der Waals surface area contributed by atoms with E-state index in [0.29, 0.717) is 16.4 Å². The molecule has 0 amide bonds. The molecule has 2 aromatic rings. The lowest BCUT2D eigenvalue weighted by atomic mass is 9.72. The van der Waals surface area contributed by atoms with Crippen LogP contribution in [-0.2, 0) is 12.8 Å². The van der Waals surface area contributed by atoms with Crippen LogP contribution in [0.25, 0.3) is 0 Å². The van der Waals surface area contributed by atoms with Crippen LogP contribution in [0.15, 0.2) is 46.9 Å². The van der Waals surface area contributed by atoms with Crippen LogP contribution >= 0.6 is 15.9 Å². The summed E-state index contributed by atoms with van der Waals surface area (Å²) in [5, 5.41) is 3.58. The minimum absolute atomic E-state index is 0.184. The van der Waals surface area contributed by atoms with Gasteiger partial charge in [0, 0.05) is 12.0 Å². The highest BCUT2D eigenvalue weighted by atomic mass is 79.9. The predicted molar refractivity (Wildman–Crippen MR) is 88.2 cm³/mol. The van der Waals surface area contributed by atoms with E-state index in [4.69, 9.17) is 0 Å². The summed E-state index contributed by atoms with van der Waals surface area (Å²) in [5.74, 6) is 0.341. The highest BCUT2D eigenvalue weighted by Crippen LogP contribution is 2.38. The van der Waals surface area contributed by atoms with E-state index in [1.54, 1.807) is 6.07 Å². The molecule has 0 saturated heterocycles. The van der Waals surface area contributed by atoms with Crippen LogP contribution in [0.3, 0.4) is 0 Å². The molecule has 110 valence electrons. The molecule has 2 unspecified atom stereocenters. The van der Waals surface area contributed by atoms with Crippen LogP contribution in [0.5, 0.6) is 0 Å². The van der Waals surface area contributed by atoms with Crippen LogP contribution in [0.1, 0.15) is 29.5 Å². The molecule has 1 aliphatic carbocycles. The number of hydrogen-bond donors (Lipinski definition) is 1. The van der Waals surface area contributed by atoms with Crippen molar-refractivity contribution in [3.63, 3.8) is 0 Å². The Morgan fingerprint density at radius 3 is 2.81 bits per heavy atom. The molecule has 0 aromatic heterocycles. The summed E-state index contributed by atoms with van der Waals surface area (Å²) in [6.07, 6.45) is 1.95. The normalized spacial score (nSPS) is 18.0. The van der Waals surface area contributed by atoms with E-state index < -0.39 is 0 Å². The Labute approximate surface area is 133 Å². The number of halogens is 2. The minimum atomic E-state index is -0.184. The first-order valence-electron chi connectivity index (χ1n) is 7.44. The first kappa shape index (κ1) is 14.7. The molecule has 2 atom stereocenters. The molecule has 0 saturated carbocycles. The molecular formula is C18H19BrFN. The lowest BCUT2D eigenvalue weighted by Crippen LogP contribution is -2.41. The summed E-state index contributed by atoms with van der Waals surface area (Å²) >= 11 is 3.38. The van der Waals surface area contributed by atoms with Crippen molar-refractivity contribution < 1.29 is 4.39 Å². The van der Waals surface area contributed by atoms with Gasteiger partial charge in [-0.05, 0) is 58.1 Å². The third-order valence-corrected chi connectivity index (χ3v) is 5.21. The van der Waals surface area contributed by atoms with Crippen LogP contribution in [0, 0.1) is 5.82 Å². The zero-order valence-electron chi connectivity index (χ0n) is 12.1. The van der Waals surface area contributed by atoms with Crippen molar-refractivity contribution in [2.24, 2.45) is 0 Å². The van der Waals surface area contributed by atoms with Crippen molar-refractivity contribution in [2.45, 2.75) is 31.7 Å². The topological polar surface area (TPSA) is 12.0 Å². The maximum atomic E-state index is 13.7.